The van der Waals surface area contributed by atoms with Crippen LogP contribution in [-0.2, 0) is 4.74 Å². The Kier molecular flexibility index (Phi) is 3.08. The highest BCUT2D eigenvalue weighted by Gasteiger charge is 2.23. The number of thiol groups is 1. The van der Waals surface area contributed by atoms with Crippen molar-refractivity contribution in [1.82, 2.24) is 0 Å². The summed E-state index contributed by atoms with van der Waals surface area (Å²) in [5, 5.41) is 10.6. The van der Waals surface area contributed by atoms with Gasteiger partial charge in [0.25, 0.3) is 5.69 Å². The highest BCUT2D eigenvalue weighted by molar-refractivity contribution is 7.80. The molecule has 0 bridgehead atoms. The number of hydrogen-bond donors (Lipinski definition) is 1. The summed E-state index contributed by atoms with van der Waals surface area (Å²) in [6, 6.07) is 4.26. The lowest BCUT2D eigenvalue weighted by molar-refractivity contribution is -0.388. The number of nitrogens with zero attached hydrogens (tertiary/aromatic N) is 1. The van der Waals surface area contributed by atoms with Crippen LogP contribution in [0.1, 0.15) is 10.4 Å². The molecule has 6 heteroatoms. The molecule has 0 saturated carbocycles. The molecule has 0 radical (unpaired) electrons. The monoisotopic (exact) mass is 213 g/mol. The number of rotatable bonds is 2. The number of nitro groups is 1. The van der Waals surface area contributed by atoms with Crippen molar-refractivity contribution < 1.29 is 14.5 Å². The van der Waals surface area contributed by atoms with Crippen LogP contribution in [-0.4, -0.2) is 18.0 Å². The van der Waals surface area contributed by atoms with Crippen molar-refractivity contribution in [2.24, 2.45) is 0 Å². The third-order valence-electron chi connectivity index (χ3n) is 1.60. The van der Waals surface area contributed by atoms with E-state index in [0.717, 1.165) is 7.11 Å². The van der Waals surface area contributed by atoms with Crippen molar-refractivity contribution in [3.63, 3.8) is 0 Å². The molecule has 0 saturated heterocycles. The first-order chi connectivity index (χ1) is 6.57. The molecule has 1 rings (SSSR count). The van der Waals surface area contributed by atoms with Crippen LogP contribution in [0.2, 0.25) is 0 Å². The molecule has 5 nitrogen and oxygen atoms in total. The SMILES string of the molecule is COC(=O)c1cccc(S)c1[N+](=O)[O-]. The molecule has 14 heavy (non-hydrogen) atoms. The minimum atomic E-state index is -0.743. The Labute approximate surface area is 85.2 Å². The molecule has 0 unspecified atom stereocenters. The summed E-state index contributed by atoms with van der Waals surface area (Å²) in [7, 11) is 1.16. The fraction of sp³-hybridized carbons (Fsp3) is 0.125. The molecule has 0 N–H and O–H groups in total. The van der Waals surface area contributed by atoms with Crippen LogP contribution in [0.5, 0.6) is 0 Å². The molecule has 0 aromatic heterocycles. The van der Waals surface area contributed by atoms with Crippen LogP contribution < -0.4 is 0 Å². The quantitative estimate of drug-likeness (QED) is 0.351. The first kappa shape index (κ1) is 10.5. The largest absolute Gasteiger partial charge is 0.465 e. The van der Waals surface area contributed by atoms with Gasteiger partial charge in [0, 0.05) is 0 Å². The summed E-state index contributed by atoms with van der Waals surface area (Å²) in [6.07, 6.45) is 0. The molecule has 0 amide bonds. The highest BCUT2D eigenvalue weighted by atomic mass is 32.1. The van der Waals surface area contributed by atoms with E-state index < -0.39 is 10.9 Å². The van der Waals surface area contributed by atoms with Crippen molar-refractivity contribution >= 4 is 24.3 Å². The molecule has 1 aromatic rings. The molecule has 0 spiro atoms. The van der Waals surface area contributed by atoms with E-state index >= 15 is 0 Å². The Morgan fingerprint density at radius 1 is 1.57 bits per heavy atom. The summed E-state index contributed by atoms with van der Waals surface area (Å²) in [5.41, 5.74) is -0.423. The van der Waals surface area contributed by atoms with Gasteiger partial charge in [0.15, 0.2) is 0 Å². The zero-order chi connectivity index (χ0) is 10.7. The van der Waals surface area contributed by atoms with E-state index in [2.05, 4.69) is 17.4 Å². The summed E-state index contributed by atoms with van der Waals surface area (Å²) >= 11 is 3.89. The topological polar surface area (TPSA) is 69.4 Å². The smallest absolute Gasteiger partial charge is 0.344 e. The first-order valence-electron chi connectivity index (χ1n) is 3.62. The standard InChI is InChI=1S/C8H7NO4S/c1-13-8(10)5-3-2-4-6(14)7(5)9(11)12/h2-4,14H,1H3. The lowest BCUT2D eigenvalue weighted by Crippen LogP contribution is -2.05. The minimum Gasteiger partial charge on any atom is -0.465 e. The summed E-state index contributed by atoms with van der Waals surface area (Å²) < 4.78 is 4.40. The second kappa shape index (κ2) is 4.10. The Hall–Kier alpha value is -1.56. The molecular weight excluding hydrogens is 206 g/mol. The normalized spacial score (nSPS) is 9.57. The van der Waals surface area contributed by atoms with Gasteiger partial charge in [0.1, 0.15) is 5.56 Å². The van der Waals surface area contributed by atoms with Crippen molar-refractivity contribution in [1.29, 1.82) is 0 Å². The zero-order valence-corrected chi connectivity index (χ0v) is 8.15. The molecular formula is C8H7NO4S. The summed E-state index contributed by atoms with van der Waals surface area (Å²) in [5.74, 6) is -0.743. The van der Waals surface area contributed by atoms with E-state index in [1.807, 2.05) is 0 Å². The second-order valence-corrected chi connectivity index (χ2v) is 2.90. The van der Waals surface area contributed by atoms with Crippen LogP contribution in [0, 0.1) is 10.1 Å². The lowest BCUT2D eigenvalue weighted by atomic mass is 10.2. The van der Waals surface area contributed by atoms with Crippen LogP contribution in [0.4, 0.5) is 5.69 Å². The minimum absolute atomic E-state index is 0.0926. The molecule has 0 aliphatic carbocycles. The molecule has 1 aromatic carbocycles. The fourth-order valence-electron chi connectivity index (χ4n) is 0.998. The third-order valence-corrected chi connectivity index (χ3v) is 1.96. The van der Waals surface area contributed by atoms with E-state index in [1.54, 1.807) is 0 Å². The van der Waals surface area contributed by atoms with Gasteiger partial charge >= 0.3 is 5.97 Å². The Morgan fingerprint density at radius 3 is 2.71 bits per heavy atom. The van der Waals surface area contributed by atoms with Gasteiger partial charge in [-0.25, -0.2) is 4.79 Å². The molecule has 0 atom stereocenters. The second-order valence-electron chi connectivity index (χ2n) is 2.42. The number of methoxy groups -OCH3 is 1. The van der Waals surface area contributed by atoms with Crippen molar-refractivity contribution in [3.05, 3.63) is 33.9 Å². The Morgan fingerprint density at radius 2 is 2.21 bits per heavy atom. The van der Waals surface area contributed by atoms with E-state index in [-0.39, 0.29) is 16.1 Å². The van der Waals surface area contributed by atoms with Gasteiger partial charge in [0.05, 0.1) is 16.9 Å². The average Bonchev–Trinajstić information content (AvgIpc) is 2.15. The van der Waals surface area contributed by atoms with Gasteiger partial charge in [-0.15, -0.1) is 12.6 Å². The van der Waals surface area contributed by atoms with Crippen LogP contribution in [0.15, 0.2) is 23.1 Å². The van der Waals surface area contributed by atoms with E-state index in [1.165, 1.54) is 18.2 Å². The number of carbonyl (C=O) groups is 1. The first-order valence-corrected chi connectivity index (χ1v) is 4.07. The number of carbonyl (C=O) groups excluding carboxylic acids is 1. The molecule has 0 aliphatic heterocycles. The van der Waals surface area contributed by atoms with Gasteiger partial charge < -0.3 is 4.74 Å². The van der Waals surface area contributed by atoms with Crippen LogP contribution >= 0.6 is 12.6 Å². The lowest BCUT2D eigenvalue weighted by Gasteiger charge is -2.01. The van der Waals surface area contributed by atoms with E-state index in [0.29, 0.717) is 0 Å². The Bertz CT molecular complexity index is 391. The maximum absolute atomic E-state index is 11.1. The van der Waals surface area contributed by atoms with Crippen LogP contribution in [0.3, 0.4) is 0 Å². The van der Waals surface area contributed by atoms with Gasteiger partial charge in [0.2, 0.25) is 0 Å². The third kappa shape index (κ3) is 1.85. The predicted octanol–water partition coefficient (Wildman–Crippen LogP) is 1.67. The number of benzene rings is 1. The number of nitro benzene ring substituents is 1. The summed E-state index contributed by atoms with van der Waals surface area (Å²) in [4.78, 5) is 21.2. The van der Waals surface area contributed by atoms with Crippen molar-refractivity contribution in [3.8, 4) is 0 Å². The van der Waals surface area contributed by atoms with Gasteiger partial charge in [-0.3, -0.25) is 10.1 Å². The van der Waals surface area contributed by atoms with Gasteiger partial charge in [-0.1, -0.05) is 6.07 Å². The number of para-hydroxylation sites is 1. The number of esters is 1. The van der Waals surface area contributed by atoms with Gasteiger partial charge in [-0.05, 0) is 12.1 Å². The van der Waals surface area contributed by atoms with Crippen molar-refractivity contribution in [2.45, 2.75) is 4.90 Å². The van der Waals surface area contributed by atoms with E-state index in [4.69, 9.17) is 0 Å². The van der Waals surface area contributed by atoms with Gasteiger partial charge in [-0.2, -0.15) is 0 Å². The molecule has 0 fully saturated rings. The van der Waals surface area contributed by atoms with E-state index in [9.17, 15) is 14.9 Å². The highest BCUT2D eigenvalue weighted by Crippen LogP contribution is 2.26. The maximum atomic E-state index is 11.1. The van der Waals surface area contributed by atoms with Crippen molar-refractivity contribution in [2.75, 3.05) is 7.11 Å². The Balaban J connectivity index is 3.35. The maximum Gasteiger partial charge on any atom is 0.344 e. The van der Waals surface area contributed by atoms with Crippen LogP contribution in [0.25, 0.3) is 0 Å². The molecule has 0 aliphatic rings. The fourth-order valence-corrected chi connectivity index (χ4v) is 1.29. The zero-order valence-electron chi connectivity index (χ0n) is 7.26. The molecule has 0 heterocycles. The number of hydrogen-bond acceptors (Lipinski definition) is 5. The number of ether oxygens (including phenoxy) is 1. The predicted molar refractivity (Wildman–Crippen MR) is 51.7 cm³/mol. The summed E-state index contributed by atoms with van der Waals surface area (Å²) in [6.45, 7) is 0. The average molecular weight is 213 g/mol. The molecule has 74 valence electrons.